The molecule has 122 valence electrons. The molecule has 0 aliphatic heterocycles. The van der Waals surface area contributed by atoms with E-state index in [4.69, 9.17) is 0 Å². The van der Waals surface area contributed by atoms with Gasteiger partial charge in [-0.25, -0.2) is 0 Å². The molecule has 2 rings (SSSR count). The molecule has 0 heterocycles. The van der Waals surface area contributed by atoms with Gasteiger partial charge in [0.1, 0.15) is 0 Å². The minimum absolute atomic E-state index is 0.648. The van der Waals surface area contributed by atoms with Gasteiger partial charge in [-0.3, -0.25) is 31.3 Å². The van der Waals surface area contributed by atoms with Gasteiger partial charge in [0.2, 0.25) is 0 Å². The van der Waals surface area contributed by atoms with Crippen LogP contribution in [0, 0.1) is 0 Å². The van der Waals surface area contributed by atoms with Gasteiger partial charge >= 0.3 is 11.8 Å². The number of hydrazine groups is 2. The molecule has 0 spiro atoms. The summed E-state index contributed by atoms with van der Waals surface area (Å²) < 4.78 is 0. The third kappa shape index (κ3) is 4.74. The van der Waals surface area contributed by atoms with Crippen LogP contribution < -0.4 is 21.7 Å². The monoisotopic (exact) mass is 322 g/mol. The smallest absolute Gasteiger partial charge is 0.298 e. The number of hydrogen-bond acceptors (Lipinski definition) is 4. The topological polar surface area (TPSA) is 82.3 Å². The zero-order valence-corrected chi connectivity index (χ0v) is 13.0. The van der Waals surface area contributed by atoms with Gasteiger partial charge in [0.15, 0.2) is 0 Å². The second-order valence-electron chi connectivity index (χ2n) is 4.81. The third-order valence-electron chi connectivity index (χ3n) is 3.14. The summed E-state index contributed by atoms with van der Waals surface area (Å²) in [5, 5.41) is 0. The van der Waals surface area contributed by atoms with Crippen molar-refractivity contribution in [2.75, 3.05) is 10.9 Å². The number of rotatable bonds is 6. The molecule has 0 aliphatic rings. The van der Waals surface area contributed by atoms with Crippen molar-refractivity contribution in [1.29, 1.82) is 0 Å². The van der Waals surface area contributed by atoms with Crippen LogP contribution in [0.3, 0.4) is 0 Å². The fourth-order valence-corrected chi connectivity index (χ4v) is 1.78. The van der Waals surface area contributed by atoms with Gasteiger partial charge in [0, 0.05) is 0 Å². The average Bonchev–Trinajstić information content (AvgIpc) is 2.64. The van der Waals surface area contributed by atoms with E-state index in [1.807, 2.05) is 24.3 Å². The lowest BCUT2D eigenvalue weighted by atomic mass is 10.2. The van der Waals surface area contributed by atoms with E-state index < -0.39 is 11.8 Å². The minimum Gasteiger partial charge on any atom is -0.298 e. The van der Waals surface area contributed by atoms with Crippen molar-refractivity contribution in [1.82, 2.24) is 10.9 Å². The number of carbonyl (C=O) groups excluding carboxylic acids is 2. The van der Waals surface area contributed by atoms with Crippen LogP contribution in [-0.2, 0) is 9.59 Å². The molecule has 0 bridgehead atoms. The highest BCUT2D eigenvalue weighted by molar-refractivity contribution is 6.35. The van der Waals surface area contributed by atoms with Gasteiger partial charge in [0.05, 0.1) is 11.4 Å². The lowest BCUT2D eigenvalue weighted by Crippen LogP contribution is -2.44. The molecule has 0 aliphatic carbocycles. The summed E-state index contributed by atoms with van der Waals surface area (Å²) >= 11 is 0. The Balaban J connectivity index is 1.79. The summed E-state index contributed by atoms with van der Waals surface area (Å²) in [4.78, 5) is 23.4. The van der Waals surface area contributed by atoms with Crippen LogP contribution in [0.2, 0.25) is 0 Å². The molecule has 0 saturated carbocycles. The Labute approximate surface area is 140 Å². The number of carbonyl (C=O) groups is 2. The van der Waals surface area contributed by atoms with Crippen molar-refractivity contribution in [3.8, 4) is 0 Å². The van der Waals surface area contributed by atoms with Crippen LogP contribution in [0.5, 0.6) is 0 Å². The van der Waals surface area contributed by atoms with Crippen molar-refractivity contribution >= 4 is 35.3 Å². The molecular weight excluding hydrogens is 304 g/mol. The standard InChI is InChI=1S/C18H18N4O2/c1-3-13-5-9-15(10-6-13)19-21-17(23)18(24)22-20-16-11-7-14(4-2)8-12-16/h3-12,19-20H,1-2H2,(H,21,23)(H,22,24). The van der Waals surface area contributed by atoms with Gasteiger partial charge in [-0.1, -0.05) is 49.6 Å². The second kappa shape index (κ2) is 8.19. The van der Waals surface area contributed by atoms with E-state index in [0.717, 1.165) is 11.1 Å². The van der Waals surface area contributed by atoms with E-state index in [2.05, 4.69) is 34.9 Å². The van der Waals surface area contributed by atoms with Crippen LogP contribution >= 0.6 is 0 Å². The predicted molar refractivity (Wildman–Crippen MR) is 96.6 cm³/mol. The summed E-state index contributed by atoms with van der Waals surface area (Å²) in [6.45, 7) is 7.32. The largest absolute Gasteiger partial charge is 0.329 e. The van der Waals surface area contributed by atoms with Crippen molar-refractivity contribution in [2.45, 2.75) is 0 Å². The maximum Gasteiger partial charge on any atom is 0.329 e. The molecule has 0 saturated heterocycles. The molecule has 2 aromatic carbocycles. The summed E-state index contributed by atoms with van der Waals surface area (Å²) in [6.07, 6.45) is 3.42. The summed E-state index contributed by atoms with van der Waals surface area (Å²) in [6, 6.07) is 14.4. The molecule has 6 nitrogen and oxygen atoms in total. The first-order valence-electron chi connectivity index (χ1n) is 7.19. The Morgan fingerprint density at radius 1 is 0.667 bits per heavy atom. The van der Waals surface area contributed by atoms with Crippen molar-refractivity contribution in [3.05, 3.63) is 72.8 Å². The normalized spacial score (nSPS) is 9.50. The Morgan fingerprint density at radius 3 is 1.29 bits per heavy atom. The number of hydrogen-bond donors (Lipinski definition) is 4. The van der Waals surface area contributed by atoms with Crippen LogP contribution in [0.1, 0.15) is 11.1 Å². The first-order valence-corrected chi connectivity index (χ1v) is 7.19. The van der Waals surface area contributed by atoms with Crippen molar-refractivity contribution in [2.24, 2.45) is 0 Å². The van der Waals surface area contributed by atoms with Gasteiger partial charge in [-0.15, -0.1) is 0 Å². The minimum atomic E-state index is -0.821. The van der Waals surface area contributed by atoms with E-state index in [9.17, 15) is 9.59 Å². The van der Waals surface area contributed by atoms with Gasteiger partial charge in [0.25, 0.3) is 0 Å². The maximum absolute atomic E-state index is 11.7. The predicted octanol–water partition coefficient (Wildman–Crippen LogP) is 2.56. The number of nitrogens with one attached hydrogen (secondary N) is 4. The fourth-order valence-electron chi connectivity index (χ4n) is 1.78. The Bertz CT molecular complexity index is 671. The van der Waals surface area contributed by atoms with E-state index in [1.54, 1.807) is 36.4 Å². The van der Waals surface area contributed by atoms with Crippen LogP contribution in [-0.4, -0.2) is 11.8 Å². The molecule has 2 aromatic rings. The van der Waals surface area contributed by atoms with E-state index in [0.29, 0.717) is 11.4 Å². The zero-order chi connectivity index (χ0) is 17.4. The lowest BCUT2D eigenvalue weighted by Gasteiger charge is -2.10. The first kappa shape index (κ1) is 16.8. The van der Waals surface area contributed by atoms with Crippen molar-refractivity contribution in [3.63, 3.8) is 0 Å². The third-order valence-corrected chi connectivity index (χ3v) is 3.14. The van der Waals surface area contributed by atoms with Gasteiger partial charge in [-0.05, 0) is 35.4 Å². The molecule has 2 amide bonds. The molecule has 4 N–H and O–H groups in total. The molecule has 0 fully saturated rings. The maximum atomic E-state index is 11.7. The van der Waals surface area contributed by atoms with Crippen LogP contribution in [0.25, 0.3) is 12.2 Å². The van der Waals surface area contributed by atoms with Crippen LogP contribution in [0.4, 0.5) is 11.4 Å². The fraction of sp³-hybridized carbons (Fsp3) is 0. The summed E-state index contributed by atoms with van der Waals surface area (Å²) in [7, 11) is 0. The summed E-state index contributed by atoms with van der Waals surface area (Å²) in [5.41, 5.74) is 13.1. The highest BCUT2D eigenvalue weighted by Crippen LogP contribution is 2.09. The van der Waals surface area contributed by atoms with Crippen LogP contribution in [0.15, 0.2) is 61.7 Å². The Hall–Kier alpha value is -3.54. The number of anilines is 2. The highest BCUT2D eigenvalue weighted by Gasteiger charge is 2.12. The Morgan fingerprint density at radius 2 is 1.00 bits per heavy atom. The van der Waals surface area contributed by atoms with Gasteiger partial charge in [-0.2, -0.15) is 0 Å². The van der Waals surface area contributed by atoms with E-state index >= 15 is 0 Å². The first-order chi connectivity index (χ1) is 11.6. The molecule has 6 heteroatoms. The second-order valence-corrected chi connectivity index (χ2v) is 4.81. The van der Waals surface area contributed by atoms with E-state index in [1.165, 1.54) is 0 Å². The SMILES string of the molecule is C=Cc1ccc(NNC(=O)C(=O)NNc2ccc(C=C)cc2)cc1. The van der Waals surface area contributed by atoms with Gasteiger partial charge < -0.3 is 0 Å². The summed E-state index contributed by atoms with van der Waals surface area (Å²) in [5.74, 6) is -1.64. The highest BCUT2D eigenvalue weighted by atomic mass is 16.2. The quantitative estimate of drug-likeness (QED) is 0.487. The molecular formula is C18H18N4O2. The number of amides is 2. The Kier molecular flexibility index (Phi) is 5.74. The average molecular weight is 322 g/mol. The molecule has 0 radical (unpaired) electrons. The molecule has 24 heavy (non-hydrogen) atoms. The van der Waals surface area contributed by atoms with Crippen molar-refractivity contribution < 1.29 is 9.59 Å². The number of benzene rings is 2. The van der Waals surface area contributed by atoms with E-state index in [-0.39, 0.29) is 0 Å². The molecule has 0 aromatic heterocycles. The lowest BCUT2D eigenvalue weighted by molar-refractivity contribution is -0.138. The molecule has 0 atom stereocenters. The zero-order valence-electron chi connectivity index (χ0n) is 13.0. The molecule has 0 unspecified atom stereocenters.